The van der Waals surface area contributed by atoms with Crippen LogP contribution in [0, 0.1) is 21.4 Å². The van der Waals surface area contributed by atoms with E-state index in [2.05, 4.69) is 13.8 Å². The lowest BCUT2D eigenvalue weighted by Gasteiger charge is -2.19. The van der Waals surface area contributed by atoms with E-state index in [0.29, 0.717) is 46.9 Å². The van der Waals surface area contributed by atoms with Crippen molar-refractivity contribution in [2.45, 2.75) is 152 Å². The average Bonchev–Trinajstić information content (AvgIpc) is 3.86. The van der Waals surface area contributed by atoms with Gasteiger partial charge in [0.15, 0.2) is 21.8 Å². The third-order valence-corrected chi connectivity index (χ3v) is 16.2. The van der Waals surface area contributed by atoms with Gasteiger partial charge in [0.25, 0.3) is 0 Å². The minimum atomic E-state index is -3.44. The van der Waals surface area contributed by atoms with Gasteiger partial charge < -0.3 is 19.0 Å². The minimum Gasteiger partial charge on any atom is -0.454 e. The average molecular weight is 861 g/mol. The monoisotopic (exact) mass is 860 g/mol. The molecule has 2 fully saturated rings. The summed E-state index contributed by atoms with van der Waals surface area (Å²) in [5.74, 6) is 0.485. The summed E-state index contributed by atoms with van der Waals surface area (Å²) in [6.45, 7) is 10.7. The Morgan fingerprint density at radius 2 is 1.08 bits per heavy atom. The fraction of sp³-hybridized carbons (Fsp3) is 0.542. The van der Waals surface area contributed by atoms with Crippen molar-refractivity contribution in [2.75, 3.05) is 11.5 Å². The predicted octanol–water partition coefficient (Wildman–Crippen LogP) is 9.45. The molecule has 324 valence electrons. The number of hydrogen-bond acceptors (Lipinski definition) is 10. The number of hydrogen-bond donors (Lipinski definition) is 4. The molecule has 4 aromatic rings. The molecule has 2 saturated carbocycles. The van der Waals surface area contributed by atoms with Gasteiger partial charge in [0.1, 0.15) is 19.5 Å². The lowest BCUT2D eigenvalue weighted by molar-refractivity contribution is -0.116. The van der Waals surface area contributed by atoms with Crippen LogP contribution in [0.3, 0.4) is 0 Å². The van der Waals surface area contributed by atoms with E-state index in [1.807, 2.05) is 12.1 Å². The second-order valence-electron chi connectivity index (χ2n) is 18.8. The maximum absolute atomic E-state index is 13.0. The summed E-state index contributed by atoms with van der Waals surface area (Å²) in [7, 11) is -6.89. The van der Waals surface area contributed by atoms with Crippen molar-refractivity contribution in [1.82, 2.24) is 0 Å². The largest absolute Gasteiger partial charge is 0.454 e. The number of ketones is 2. The molecule has 0 spiro atoms. The predicted molar refractivity (Wildman–Crippen MR) is 233 cm³/mol. The van der Waals surface area contributed by atoms with Crippen LogP contribution in [0.2, 0.25) is 0 Å². The number of carbonyl (C=O) groups is 2. The van der Waals surface area contributed by atoms with Crippen LogP contribution >= 0.6 is 0 Å². The molecule has 10 nitrogen and oxygen atoms in total. The van der Waals surface area contributed by atoms with Gasteiger partial charge in [0, 0.05) is 36.1 Å². The van der Waals surface area contributed by atoms with Crippen molar-refractivity contribution in [1.29, 1.82) is 9.56 Å². The molecule has 2 heterocycles. The fourth-order valence-electron chi connectivity index (χ4n) is 8.97. The SMILES string of the molecule is [2H]c1cc([C@H](C)C2CC2)c(CC(=O)C[S@@](=N)(=O)c2cc(C(C)(C)O)co2)c2c1CCC2.[2H]c1cc([C@H](C)C2CC2)c(CC(=O)C[S@](=N)(=O)c2cc(C(C)(C)O)co2)c2c1CCC2. The van der Waals surface area contributed by atoms with E-state index in [1.165, 1.54) is 50.3 Å². The van der Waals surface area contributed by atoms with E-state index >= 15 is 0 Å². The highest BCUT2D eigenvalue weighted by Crippen LogP contribution is 2.46. The van der Waals surface area contributed by atoms with E-state index in [-0.39, 0.29) is 34.6 Å². The molecule has 4 N–H and O–H groups in total. The van der Waals surface area contributed by atoms with Crippen LogP contribution in [0.4, 0.5) is 0 Å². The van der Waals surface area contributed by atoms with Crippen LogP contribution < -0.4 is 0 Å². The van der Waals surface area contributed by atoms with Gasteiger partial charge in [-0.3, -0.25) is 9.59 Å². The van der Waals surface area contributed by atoms with E-state index in [0.717, 1.165) is 83.0 Å². The molecule has 4 atom stereocenters. The zero-order valence-corrected chi connectivity index (χ0v) is 37.5. The van der Waals surface area contributed by atoms with Crippen LogP contribution in [0.1, 0.15) is 150 Å². The fourth-order valence-corrected chi connectivity index (χ4v) is 11.4. The molecule has 12 heteroatoms. The second kappa shape index (κ2) is 16.8. The zero-order valence-electron chi connectivity index (χ0n) is 37.8. The number of fused-ring (bicyclic) bond motifs is 2. The maximum Gasteiger partial charge on any atom is 0.199 e. The van der Waals surface area contributed by atoms with Gasteiger partial charge in [-0.2, -0.15) is 0 Å². The number of rotatable bonds is 16. The highest BCUT2D eigenvalue weighted by Gasteiger charge is 2.34. The molecule has 0 radical (unpaired) electrons. The van der Waals surface area contributed by atoms with Crippen molar-refractivity contribution in [3.05, 3.63) is 105 Å². The lowest BCUT2D eigenvalue weighted by Crippen LogP contribution is -2.19. The molecular formula is C48H62N2O8S2. The lowest BCUT2D eigenvalue weighted by atomic mass is 9.86. The van der Waals surface area contributed by atoms with Crippen molar-refractivity contribution >= 4 is 31.0 Å². The van der Waals surface area contributed by atoms with Crippen LogP contribution in [0.15, 0.2) is 67.9 Å². The normalized spacial score (nSPS) is 19.8. The first-order valence-corrected chi connectivity index (χ1v) is 24.9. The molecule has 0 amide bonds. The summed E-state index contributed by atoms with van der Waals surface area (Å²) in [4.78, 5) is 26.0. The Labute approximate surface area is 358 Å². The standard InChI is InChI=1S/2C24H31NO4S/c2*1-15(16-7-8-16)20-10-9-17-5-4-6-21(17)22(20)12-19(26)14-30(25,28)23-11-18(13-29-23)24(2,3)27/h2*9-11,13,15-16,25,27H,4-8,12,14H2,1-3H3/t15-,30+;15-,30-/m11/s1/i2*9D. The topological polar surface area (TPSA) is 183 Å². The molecule has 2 aromatic heterocycles. The first kappa shape index (κ1) is 41.5. The van der Waals surface area contributed by atoms with Crippen molar-refractivity contribution in [2.24, 2.45) is 11.8 Å². The van der Waals surface area contributed by atoms with Gasteiger partial charge in [-0.05, 0) is 160 Å². The Bertz CT molecular complexity index is 2430. The second-order valence-corrected chi connectivity index (χ2v) is 22.9. The van der Waals surface area contributed by atoms with E-state index < -0.39 is 42.2 Å². The van der Waals surface area contributed by atoms with E-state index in [4.69, 9.17) is 21.1 Å². The number of carbonyl (C=O) groups excluding carboxylic acids is 2. The van der Waals surface area contributed by atoms with Crippen molar-refractivity contribution < 1.29 is 39.8 Å². The quantitative estimate of drug-likeness (QED) is 0.0859. The van der Waals surface area contributed by atoms with Gasteiger partial charge in [0.05, 0.1) is 38.0 Å². The molecule has 0 unspecified atom stereocenters. The third-order valence-electron chi connectivity index (χ3n) is 13.0. The number of aliphatic hydroxyl groups is 2. The first-order valence-electron chi connectivity index (χ1n) is 22.4. The Balaban J connectivity index is 0.000000186. The molecule has 0 aliphatic heterocycles. The van der Waals surface area contributed by atoms with E-state index in [9.17, 15) is 28.2 Å². The highest BCUT2D eigenvalue weighted by molar-refractivity contribution is 7.93. The van der Waals surface area contributed by atoms with Crippen LogP contribution in [-0.2, 0) is 78.8 Å². The molecule has 2 aromatic carbocycles. The molecule has 4 aliphatic carbocycles. The summed E-state index contributed by atoms with van der Waals surface area (Å²) in [6.07, 6.45) is 13.1. The third kappa shape index (κ3) is 9.93. The van der Waals surface area contributed by atoms with Crippen molar-refractivity contribution in [3.8, 4) is 0 Å². The van der Waals surface area contributed by atoms with Gasteiger partial charge >= 0.3 is 0 Å². The van der Waals surface area contributed by atoms with Gasteiger partial charge in [-0.1, -0.05) is 38.1 Å². The van der Waals surface area contributed by atoms with Gasteiger partial charge in [-0.15, -0.1) is 0 Å². The molecule has 0 saturated heterocycles. The minimum absolute atomic E-state index is 0.0729. The number of furan rings is 2. The summed E-state index contributed by atoms with van der Waals surface area (Å²) >= 11 is 0. The van der Waals surface area contributed by atoms with Crippen LogP contribution in [-0.4, -0.2) is 41.7 Å². The summed E-state index contributed by atoms with van der Waals surface area (Å²) in [5, 5.41) is 20.0. The Kier molecular flexibility index (Phi) is 11.6. The number of Topliss-reactive ketones (excluding diaryl/α,β-unsaturated/α-hetero) is 2. The Morgan fingerprint density at radius 1 is 0.717 bits per heavy atom. The van der Waals surface area contributed by atoms with E-state index in [1.54, 1.807) is 27.7 Å². The summed E-state index contributed by atoms with van der Waals surface area (Å²) in [5.41, 5.74) is 7.02. The van der Waals surface area contributed by atoms with Gasteiger partial charge in [-0.25, -0.2) is 18.0 Å². The summed E-state index contributed by atoms with van der Waals surface area (Å²) in [6, 6.07) is 7.85. The smallest absolute Gasteiger partial charge is 0.199 e. The Hall–Kier alpha value is -3.84. The van der Waals surface area contributed by atoms with Crippen LogP contribution in [0.25, 0.3) is 0 Å². The molecule has 8 rings (SSSR count). The zero-order chi connectivity index (χ0) is 45.1. The molecule has 60 heavy (non-hydrogen) atoms. The molecule has 4 aliphatic rings. The van der Waals surface area contributed by atoms with Gasteiger partial charge in [0.2, 0.25) is 0 Å². The van der Waals surface area contributed by atoms with Crippen LogP contribution in [0.5, 0.6) is 0 Å². The Morgan fingerprint density at radius 3 is 1.40 bits per heavy atom. The number of benzene rings is 2. The molecule has 0 bridgehead atoms. The molecular weight excluding hydrogens is 797 g/mol. The number of nitrogens with one attached hydrogen (secondary N) is 2. The maximum atomic E-state index is 13.0. The summed E-state index contributed by atoms with van der Waals surface area (Å²) < 4.78 is 70.0. The highest BCUT2D eigenvalue weighted by atomic mass is 32.2. The first-order chi connectivity index (χ1) is 28.9. The van der Waals surface area contributed by atoms with Crippen molar-refractivity contribution in [3.63, 3.8) is 0 Å².